The fourth-order valence-electron chi connectivity index (χ4n) is 4.39. The summed E-state index contributed by atoms with van der Waals surface area (Å²) in [6, 6.07) is 6.17. The van der Waals surface area contributed by atoms with E-state index in [1.807, 2.05) is 30.0 Å². The van der Waals surface area contributed by atoms with E-state index in [0.29, 0.717) is 19.1 Å². The van der Waals surface area contributed by atoms with Gasteiger partial charge in [0.2, 0.25) is 0 Å². The second kappa shape index (κ2) is 6.93. The Hall–Kier alpha value is -2.32. The molecule has 4 heterocycles. The van der Waals surface area contributed by atoms with E-state index in [9.17, 15) is 4.79 Å². The number of rotatable bonds is 2. The van der Waals surface area contributed by atoms with Crippen LogP contribution >= 0.6 is 11.3 Å². The van der Waals surface area contributed by atoms with Crippen LogP contribution < -0.4 is 0 Å². The van der Waals surface area contributed by atoms with Crippen molar-refractivity contribution in [3.63, 3.8) is 0 Å². The Morgan fingerprint density at radius 1 is 1.18 bits per heavy atom. The second-order valence-electron chi connectivity index (χ2n) is 7.72. The first kappa shape index (κ1) is 17.8. The third-order valence-corrected chi connectivity index (χ3v) is 6.84. The van der Waals surface area contributed by atoms with Crippen LogP contribution in [0.2, 0.25) is 0 Å². The highest BCUT2D eigenvalue weighted by Gasteiger charge is 2.30. The zero-order chi connectivity index (χ0) is 19.3. The third-order valence-electron chi connectivity index (χ3n) is 5.90. The van der Waals surface area contributed by atoms with Gasteiger partial charge in [-0.2, -0.15) is 0 Å². The molecule has 1 fully saturated rings. The SMILES string of the molecule is Cc1nc2ccc(C(=O)N3CCc4nnc(C5CCCN5C)n4CC3)cc2s1. The molecule has 1 saturated heterocycles. The predicted octanol–water partition coefficient (Wildman–Crippen LogP) is 2.66. The van der Waals surface area contributed by atoms with Crippen LogP contribution in [0, 0.1) is 6.92 Å². The van der Waals surface area contributed by atoms with Gasteiger partial charge in [0, 0.05) is 31.6 Å². The van der Waals surface area contributed by atoms with Crippen molar-refractivity contribution in [3.05, 3.63) is 40.4 Å². The lowest BCUT2D eigenvalue weighted by Gasteiger charge is -2.22. The van der Waals surface area contributed by atoms with Crippen molar-refractivity contribution in [3.8, 4) is 0 Å². The van der Waals surface area contributed by atoms with E-state index in [2.05, 4.69) is 31.7 Å². The minimum absolute atomic E-state index is 0.0891. The number of hydrogen-bond donors (Lipinski definition) is 0. The molecule has 1 aromatic carbocycles. The van der Waals surface area contributed by atoms with E-state index < -0.39 is 0 Å². The normalized spacial score (nSPS) is 20.5. The maximum atomic E-state index is 13.1. The zero-order valence-electron chi connectivity index (χ0n) is 16.3. The Balaban J connectivity index is 1.36. The Bertz CT molecular complexity index is 1040. The van der Waals surface area contributed by atoms with Gasteiger partial charge in [-0.05, 0) is 51.6 Å². The Labute approximate surface area is 168 Å². The molecule has 0 saturated carbocycles. The van der Waals surface area contributed by atoms with E-state index in [4.69, 9.17) is 0 Å². The Kier molecular flexibility index (Phi) is 4.40. The van der Waals surface area contributed by atoms with Crippen molar-refractivity contribution in [2.45, 2.75) is 38.8 Å². The number of amides is 1. The number of benzene rings is 1. The van der Waals surface area contributed by atoms with Crippen molar-refractivity contribution in [2.24, 2.45) is 0 Å². The Morgan fingerprint density at radius 3 is 2.89 bits per heavy atom. The summed E-state index contributed by atoms with van der Waals surface area (Å²) in [5.41, 5.74) is 1.70. The quantitative estimate of drug-likeness (QED) is 0.666. The number of nitrogens with zero attached hydrogens (tertiary/aromatic N) is 6. The number of aryl methyl sites for hydroxylation is 1. The molecule has 0 aliphatic carbocycles. The molecule has 146 valence electrons. The van der Waals surface area contributed by atoms with E-state index in [1.54, 1.807) is 11.3 Å². The van der Waals surface area contributed by atoms with Crippen molar-refractivity contribution in [1.82, 2.24) is 29.5 Å². The monoisotopic (exact) mass is 396 g/mol. The topological polar surface area (TPSA) is 67.2 Å². The van der Waals surface area contributed by atoms with E-state index in [1.165, 1.54) is 6.42 Å². The number of carbonyl (C=O) groups is 1. The largest absolute Gasteiger partial charge is 0.336 e. The van der Waals surface area contributed by atoms with Gasteiger partial charge in [0.1, 0.15) is 11.6 Å². The molecule has 0 bridgehead atoms. The highest BCUT2D eigenvalue weighted by Crippen LogP contribution is 2.30. The fourth-order valence-corrected chi connectivity index (χ4v) is 5.25. The van der Waals surface area contributed by atoms with Crippen LogP contribution in [0.25, 0.3) is 10.2 Å². The van der Waals surface area contributed by atoms with Gasteiger partial charge in [-0.1, -0.05) is 0 Å². The number of carbonyl (C=O) groups excluding carboxylic acids is 1. The average Bonchev–Trinajstić information content (AvgIpc) is 3.34. The van der Waals surface area contributed by atoms with Crippen molar-refractivity contribution in [1.29, 1.82) is 0 Å². The van der Waals surface area contributed by atoms with Crippen LogP contribution in [-0.2, 0) is 13.0 Å². The number of hydrogen-bond acceptors (Lipinski definition) is 6. The first-order valence-electron chi connectivity index (χ1n) is 9.89. The smallest absolute Gasteiger partial charge is 0.253 e. The molecule has 28 heavy (non-hydrogen) atoms. The second-order valence-corrected chi connectivity index (χ2v) is 8.96. The summed E-state index contributed by atoms with van der Waals surface area (Å²) in [5.74, 6) is 2.15. The molecule has 1 amide bonds. The summed E-state index contributed by atoms with van der Waals surface area (Å²) in [6.45, 7) is 5.23. The maximum absolute atomic E-state index is 13.1. The van der Waals surface area contributed by atoms with E-state index in [0.717, 1.165) is 58.4 Å². The minimum Gasteiger partial charge on any atom is -0.336 e. The van der Waals surface area contributed by atoms with Gasteiger partial charge < -0.3 is 9.47 Å². The molecule has 2 aromatic heterocycles. The molecule has 2 aliphatic rings. The first-order chi connectivity index (χ1) is 13.6. The number of likely N-dealkylation sites (tertiary alicyclic amines) is 1. The summed E-state index contributed by atoms with van der Waals surface area (Å²) in [5, 5.41) is 9.97. The van der Waals surface area contributed by atoms with Gasteiger partial charge in [-0.15, -0.1) is 21.5 Å². The molecular weight excluding hydrogens is 372 g/mol. The molecule has 0 radical (unpaired) electrons. The molecule has 8 heteroatoms. The van der Waals surface area contributed by atoms with Crippen molar-refractivity contribution < 1.29 is 4.79 Å². The zero-order valence-corrected chi connectivity index (χ0v) is 17.1. The molecule has 0 N–H and O–H groups in total. The summed E-state index contributed by atoms with van der Waals surface area (Å²) in [6.07, 6.45) is 3.08. The summed E-state index contributed by atoms with van der Waals surface area (Å²) in [7, 11) is 2.16. The lowest BCUT2D eigenvalue weighted by molar-refractivity contribution is 0.0758. The number of aromatic nitrogens is 4. The van der Waals surface area contributed by atoms with Gasteiger partial charge in [0.15, 0.2) is 0 Å². The molecule has 1 atom stereocenters. The Morgan fingerprint density at radius 2 is 2.07 bits per heavy atom. The van der Waals surface area contributed by atoms with Crippen LogP contribution in [0.15, 0.2) is 18.2 Å². The predicted molar refractivity (Wildman–Crippen MR) is 109 cm³/mol. The third kappa shape index (κ3) is 3.00. The molecule has 1 unspecified atom stereocenters. The summed E-state index contributed by atoms with van der Waals surface area (Å²) >= 11 is 1.63. The molecule has 7 nitrogen and oxygen atoms in total. The van der Waals surface area contributed by atoms with Crippen LogP contribution in [0.5, 0.6) is 0 Å². The highest BCUT2D eigenvalue weighted by atomic mass is 32.1. The molecule has 0 spiro atoms. The maximum Gasteiger partial charge on any atom is 0.253 e. The lowest BCUT2D eigenvalue weighted by atomic mass is 10.2. The molecular formula is C20H24N6OS. The van der Waals surface area contributed by atoms with Gasteiger partial charge >= 0.3 is 0 Å². The van der Waals surface area contributed by atoms with E-state index in [-0.39, 0.29) is 5.91 Å². The highest BCUT2D eigenvalue weighted by molar-refractivity contribution is 7.18. The van der Waals surface area contributed by atoms with E-state index >= 15 is 0 Å². The van der Waals surface area contributed by atoms with Crippen molar-refractivity contribution in [2.75, 3.05) is 26.7 Å². The average molecular weight is 397 g/mol. The minimum atomic E-state index is 0.0891. The van der Waals surface area contributed by atoms with Gasteiger partial charge in [-0.3, -0.25) is 9.69 Å². The lowest BCUT2D eigenvalue weighted by Crippen LogP contribution is -2.34. The van der Waals surface area contributed by atoms with Crippen LogP contribution in [0.4, 0.5) is 0 Å². The standard InChI is InChI=1S/C20H24N6OS/c1-13-21-15-6-5-14(12-17(15)28-13)20(27)25-9-7-18-22-23-19(26(18)11-10-25)16-4-3-8-24(16)2/h5-6,12,16H,3-4,7-11H2,1-2H3. The summed E-state index contributed by atoms with van der Waals surface area (Å²) < 4.78 is 3.32. The number of fused-ring (bicyclic) bond motifs is 2. The van der Waals surface area contributed by atoms with Crippen LogP contribution in [0.1, 0.15) is 45.9 Å². The number of thiazole rings is 1. The fraction of sp³-hybridized carbons (Fsp3) is 0.500. The first-order valence-corrected chi connectivity index (χ1v) is 10.7. The summed E-state index contributed by atoms with van der Waals surface area (Å²) in [4.78, 5) is 21.9. The molecule has 3 aromatic rings. The molecule has 2 aliphatic heterocycles. The molecule has 5 rings (SSSR count). The van der Waals surface area contributed by atoms with Crippen molar-refractivity contribution >= 4 is 27.5 Å². The van der Waals surface area contributed by atoms with Crippen LogP contribution in [-0.4, -0.2) is 62.1 Å². The van der Waals surface area contributed by atoms with Gasteiger partial charge in [-0.25, -0.2) is 4.98 Å². The van der Waals surface area contributed by atoms with Gasteiger partial charge in [0.25, 0.3) is 5.91 Å². The van der Waals surface area contributed by atoms with Gasteiger partial charge in [0.05, 0.1) is 21.3 Å². The van der Waals surface area contributed by atoms with Crippen LogP contribution in [0.3, 0.4) is 0 Å².